The van der Waals surface area contributed by atoms with Crippen molar-refractivity contribution in [3.05, 3.63) is 23.8 Å². The van der Waals surface area contributed by atoms with Crippen molar-refractivity contribution >= 4 is 11.6 Å². The van der Waals surface area contributed by atoms with E-state index in [0.29, 0.717) is 30.2 Å². The molecule has 2 N–H and O–H groups in total. The Morgan fingerprint density at radius 1 is 1.41 bits per heavy atom. The molecule has 0 saturated carbocycles. The number of ether oxygens (including phenoxy) is 2. The molecule has 0 spiro atoms. The average Bonchev–Trinajstić information content (AvgIpc) is 2.35. The van der Waals surface area contributed by atoms with Gasteiger partial charge in [0.1, 0.15) is 5.75 Å². The lowest BCUT2D eigenvalue weighted by Crippen LogP contribution is -2.30. The molecule has 1 rings (SSSR count). The SMILES string of the molecule is COCCN(C)C(=O)c1cccc(OC)c1N. The third kappa shape index (κ3) is 3.10. The zero-order chi connectivity index (χ0) is 12.8. The Labute approximate surface area is 101 Å². The first-order chi connectivity index (χ1) is 8.11. The normalized spacial score (nSPS) is 10.1. The van der Waals surface area contributed by atoms with E-state index in [4.69, 9.17) is 15.2 Å². The molecule has 5 heteroatoms. The zero-order valence-electron chi connectivity index (χ0n) is 10.4. The Hall–Kier alpha value is -1.75. The lowest BCUT2D eigenvalue weighted by atomic mass is 10.1. The Kier molecular flexibility index (Phi) is 4.78. The molecule has 0 aliphatic carbocycles. The number of carbonyl (C=O) groups excluding carboxylic acids is 1. The summed E-state index contributed by atoms with van der Waals surface area (Å²) in [6, 6.07) is 5.15. The van der Waals surface area contributed by atoms with Crippen molar-refractivity contribution in [3.63, 3.8) is 0 Å². The molecule has 17 heavy (non-hydrogen) atoms. The van der Waals surface area contributed by atoms with Gasteiger partial charge in [0.25, 0.3) is 5.91 Å². The molecule has 0 aliphatic rings. The van der Waals surface area contributed by atoms with E-state index >= 15 is 0 Å². The van der Waals surface area contributed by atoms with Crippen molar-refractivity contribution in [3.8, 4) is 5.75 Å². The van der Waals surface area contributed by atoms with Gasteiger partial charge in [0.15, 0.2) is 0 Å². The number of hydrogen-bond acceptors (Lipinski definition) is 4. The maximum atomic E-state index is 12.1. The Morgan fingerprint density at radius 2 is 2.12 bits per heavy atom. The molecule has 0 aromatic heterocycles. The van der Waals surface area contributed by atoms with Gasteiger partial charge in [0.2, 0.25) is 0 Å². The van der Waals surface area contributed by atoms with E-state index in [1.807, 2.05) is 0 Å². The van der Waals surface area contributed by atoms with Gasteiger partial charge in [0, 0.05) is 20.7 Å². The molecule has 0 saturated heterocycles. The number of nitrogens with zero attached hydrogens (tertiary/aromatic N) is 1. The van der Waals surface area contributed by atoms with Crippen molar-refractivity contribution in [2.24, 2.45) is 0 Å². The van der Waals surface area contributed by atoms with E-state index in [9.17, 15) is 4.79 Å². The van der Waals surface area contributed by atoms with E-state index < -0.39 is 0 Å². The Morgan fingerprint density at radius 3 is 2.71 bits per heavy atom. The summed E-state index contributed by atoms with van der Waals surface area (Å²) in [5.41, 5.74) is 6.67. The van der Waals surface area contributed by atoms with Crippen molar-refractivity contribution in [1.82, 2.24) is 4.90 Å². The standard InChI is InChI=1S/C12H18N2O3/c1-14(7-8-16-2)12(15)9-5-4-6-10(17-3)11(9)13/h4-6H,7-8,13H2,1-3H3. The first-order valence-electron chi connectivity index (χ1n) is 5.28. The number of carbonyl (C=O) groups is 1. The van der Waals surface area contributed by atoms with Gasteiger partial charge in [-0.2, -0.15) is 0 Å². The summed E-state index contributed by atoms with van der Waals surface area (Å²) in [5.74, 6) is 0.370. The van der Waals surface area contributed by atoms with Crippen molar-refractivity contribution in [1.29, 1.82) is 0 Å². The van der Waals surface area contributed by atoms with Crippen LogP contribution in [0.4, 0.5) is 5.69 Å². The Bertz CT molecular complexity index is 393. The maximum Gasteiger partial charge on any atom is 0.255 e. The van der Waals surface area contributed by atoms with Crippen LogP contribution in [-0.4, -0.2) is 45.2 Å². The van der Waals surface area contributed by atoms with Gasteiger partial charge in [-0.15, -0.1) is 0 Å². The number of para-hydroxylation sites is 1. The largest absolute Gasteiger partial charge is 0.495 e. The molecule has 0 aliphatic heterocycles. The number of anilines is 1. The van der Waals surface area contributed by atoms with Crippen LogP contribution in [0.15, 0.2) is 18.2 Å². The number of nitrogens with two attached hydrogens (primary N) is 1. The molecule has 94 valence electrons. The zero-order valence-corrected chi connectivity index (χ0v) is 10.4. The minimum atomic E-state index is -0.140. The highest BCUT2D eigenvalue weighted by atomic mass is 16.5. The van der Waals surface area contributed by atoms with Crippen LogP contribution in [0.5, 0.6) is 5.75 Å². The van der Waals surface area contributed by atoms with Crippen LogP contribution in [0.1, 0.15) is 10.4 Å². The first-order valence-corrected chi connectivity index (χ1v) is 5.28. The third-order valence-corrected chi connectivity index (χ3v) is 2.49. The van der Waals surface area contributed by atoms with Crippen LogP contribution in [0.2, 0.25) is 0 Å². The minimum Gasteiger partial charge on any atom is -0.495 e. The van der Waals surface area contributed by atoms with Crippen LogP contribution < -0.4 is 10.5 Å². The summed E-state index contributed by atoms with van der Waals surface area (Å²) in [4.78, 5) is 13.6. The minimum absolute atomic E-state index is 0.140. The third-order valence-electron chi connectivity index (χ3n) is 2.49. The van der Waals surface area contributed by atoms with Crippen molar-refractivity contribution in [2.75, 3.05) is 40.2 Å². The smallest absolute Gasteiger partial charge is 0.255 e. The highest BCUT2D eigenvalue weighted by molar-refractivity contribution is 6.00. The van der Waals surface area contributed by atoms with Gasteiger partial charge in [-0.05, 0) is 12.1 Å². The second-order valence-corrected chi connectivity index (χ2v) is 3.64. The number of nitrogen functional groups attached to an aromatic ring is 1. The number of hydrogen-bond donors (Lipinski definition) is 1. The molecule has 0 heterocycles. The lowest BCUT2D eigenvalue weighted by molar-refractivity contribution is 0.0745. The second kappa shape index (κ2) is 6.10. The van der Waals surface area contributed by atoms with E-state index in [0.717, 1.165) is 0 Å². The predicted molar refractivity (Wildman–Crippen MR) is 66.2 cm³/mol. The summed E-state index contributed by atoms with van der Waals surface area (Å²) in [6.45, 7) is 1.01. The number of benzene rings is 1. The van der Waals surface area contributed by atoms with Crippen LogP contribution in [0.25, 0.3) is 0 Å². The topological polar surface area (TPSA) is 64.8 Å². The van der Waals surface area contributed by atoms with Crippen LogP contribution in [0, 0.1) is 0 Å². The van der Waals surface area contributed by atoms with E-state index in [-0.39, 0.29) is 5.91 Å². The summed E-state index contributed by atoms with van der Waals surface area (Å²) in [5, 5.41) is 0. The lowest BCUT2D eigenvalue weighted by Gasteiger charge is -2.18. The van der Waals surface area contributed by atoms with E-state index in [1.54, 1.807) is 37.3 Å². The summed E-state index contributed by atoms with van der Waals surface area (Å²) in [7, 11) is 4.83. The highest BCUT2D eigenvalue weighted by Crippen LogP contribution is 2.25. The van der Waals surface area contributed by atoms with Gasteiger partial charge < -0.3 is 20.1 Å². The quantitative estimate of drug-likeness (QED) is 0.777. The summed E-state index contributed by atoms with van der Waals surface area (Å²) < 4.78 is 10.0. The molecular formula is C12H18N2O3. The molecular weight excluding hydrogens is 220 g/mol. The maximum absolute atomic E-state index is 12.1. The van der Waals surface area contributed by atoms with Gasteiger partial charge in [-0.25, -0.2) is 0 Å². The predicted octanol–water partition coefficient (Wildman–Crippen LogP) is 0.996. The number of likely N-dealkylation sites (N-methyl/N-ethyl adjacent to an activating group) is 1. The molecule has 1 aromatic carbocycles. The van der Waals surface area contributed by atoms with Crippen LogP contribution in [0.3, 0.4) is 0 Å². The number of methoxy groups -OCH3 is 2. The monoisotopic (exact) mass is 238 g/mol. The van der Waals surface area contributed by atoms with Gasteiger partial charge >= 0.3 is 0 Å². The molecule has 0 atom stereocenters. The van der Waals surface area contributed by atoms with Crippen LogP contribution in [-0.2, 0) is 4.74 Å². The summed E-state index contributed by atoms with van der Waals surface area (Å²) >= 11 is 0. The molecule has 0 unspecified atom stereocenters. The molecule has 0 bridgehead atoms. The molecule has 0 radical (unpaired) electrons. The van der Waals surface area contributed by atoms with E-state index in [1.165, 1.54) is 7.11 Å². The summed E-state index contributed by atoms with van der Waals surface area (Å²) in [6.07, 6.45) is 0. The fourth-order valence-electron chi connectivity index (χ4n) is 1.44. The van der Waals surface area contributed by atoms with Gasteiger partial charge in [-0.1, -0.05) is 6.07 Å². The number of rotatable bonds is 5. The van der Waals surface area contributed by atoms with Crippen molar-refractivity contribution in [2.45, 2.75) is 0 Å². The molecule has 5 nitrogen and oxygen atoms in total. The highest BCUT2D eigenvalue weighted by Gasteiger charge is 2.16. The second-order valence-electron chi connectivity index (χ2n) is 3.64. The van der Waals surface area contributed by atoms with Crippen molar-refractivity contribution < 1.29 is 14.3 Å². The molecule has 1 aromatic rings. The first kappa shape index (κ1) is 13.3. The van der Waals surface area contributed by atoms with Gasteiger partial charge in [-0.3, -0.25) is 4.79 Å². The fraction of sp³-hybridized carbons (Fsp3) is 0.417. The van der Waals surface area contributed by atoms with Crippen LogP contribution >= 0.6 is 0 Å². The average molecular weight is 238 g/mol. The van der Waals surface area contributed by atoms with Gasteiger partial charge in [0.05, 0.1) is 25.0 Å². The molecule has 1 amide bonds. The van der Waals surface area contributed by atoms with E-state index in [2.05, 4.69) is 0 Å². The Balaban J connectivity index is 2.88. The number of amides is 1. The molecule has 0 fully saturated rings. The fourth-order valence-corrected chi connectivity index (χ4v) is 1.44.